The van der Waals surface area contributed by atoms with Gasteiger partial charge in [0.15, 0.2) is 0 Å². The van der Waals surface area contributed by atoms with Crippen LogP contribution in [0.2, 0.25) is 0 Å². The molecule has 1 nitrogen and oxygen atoms in total. The van der Waals surface area contributed by atoms with Gasteiger partial charge in [0.05, 0.1) is 0 Å². The summed E-state index contributed by atoms with van der Waals surface area (Å²) in [6.45, 7) is 4.82. The Hall–Kier alpha value is -1.25. The summed E-state index contributed by atoms with van der Waals surface area (Å²) >= 11 is 0. The Balaban J connectivity index is 1.43. The van der Waals surface area contributed by atoms with Crippen molar-refractivity contribution in [1.29, 1.82) is 0 Å². The molecule has 3 fully saturated rings. The van der Waals surface area contributed by atoms with Crippen molar-refractivity contribution in [2.24, 2.45) is 34.5 Å². The predicted octanol–water partition coefficient (Wildman–Crippen LogP) is 6.75. The summed E-state index contributed by atoms with van der Waals surface area (Å²) < 4.78 is 28.1. The van der Waals surface area contributed by atoms with Gasteiger partial charge in [-0.3, -0.25) is 4.98 Å². The largest absolute Gasteiger partial charge is 0.264 e. The molecule has 0 N–H and O–H groups in total. The van der Waals surface area contributed by atoms with E-state index in [1.54, 1.807) is 0 Å². The first-order valence-corrected chi connectivity index (χ1v) is 10.8. The van der Waals surface area contributed by atoms with Crippen LogP contribution in [-0.2, 0) is 0 Å². The van der Waals surface area contributed by atoms with Gasteiger partial charge in [-0.15, -0.1) is 0 Å². The first kappa shape index (κ1) is 17.8. The minimum Gasteiger partial charge on any atom is -0.264 e. The highest BCUT2D eigenvalue weighted by Gasteiger charge is 2.60. The Kier molecular flexibility index (Phi) is 3.88. The van der Waals surface area contributed by atoms with Crippen LogP contribution < -0.4 is 0 Å². The number of hydrogen-bond donors (Lipinski definition) is 0. The van der Waals surface area contributed by atoms with Gasteiger partial charge < -0.3 is 0 Å². The fraction of sp³-hybridized carbons (Fsp3) is 0.708. The molecule has 4 unspecified atom stereocenters. The van der Waals surface area contributed by atoms with Gasteiger partial charge in [0, 0.05) is 25.2 Å². The molecule has 0 saturated heterocycles. The third kappa shape index (κ3) is 2.56. The van der Waals surface area contributed by atoms with Gasteiger partial charge in [0.1, 0.15) is 0 Å². The Morgan fingerprint density at radius 1 is 1.04 bits per heavy atom. The van der Waals surface area contributed by atoms with E-state index >= 15 is 0 Å². The molecule has 5 rings (SSSR count). The van der Waals surface area contributed by atoms with Crippen LogP contribution in [0, 0.1) is 34.5 Å². The van der Waals surface area contributed by atoms with Crippen molar-refractivity contribution in [3.05, 3.63) is 36.2 Å². The summed E-state index contributed by atoms with van der Waals surface area (Å²) in [5.41, 5.74) is 3.12. The normalized spacial score (nSPS) is 45.4. The lowest BCUT2D eigenvalue weighted by atomic mass is 9.44. The van der Waals surface area contributed by atoms with Crippen molar-refractivity contribution >= 4 is 5.57 Å². The molecule has 6 atom stereocenters. The second-order valence-electron chi connectivity index (χ2n) is 10.3. The molecule has 4 aliphatic rings. The molecule has 0 aromatic carbocycles. The van der Waals surface area contributed by atoms with Gasteiger partial charge in [-0.25, -0.2) is 8.78 Å². The number of halogens is 2. The smallest absolute Gasteiger partial charge is 0.248 e. The second-order valence-corrected chi connectivity index (χ2v) is 10.3. The summed E-state index contributed by atoms with van der Waals surface area (Å²) in [7, 11) is 0. The van der Waals surface area contributed by atoms with E-state index in [-0.39, 0.29) is 29.6 Å². The predicted molar refractivity (Wildman–Crippen MR) is 104 cm³/mol. The lowest BCUT2D eigenvalue weighted by Crippen LogP contribution is -2.54. The summed E-state index contributed by atoms with van der Waals surface area (Å²) in [5.74, 6) is -0.206. The number of rotatable bonds is 1. The van der Waals surface area contributed by atoms with Crippen molar-refractivity contribution in [2.75, 3.05) is 0 Å². The SMILES string of the molecule is C[C@]12CCC(F)(F)CC1CCC1C2CC[C@]2(C)C(c3cccnc3)=CCC12. The number of nitrogens with zero attached hydrogens (tertiary/aromatic N) is 1. The van der Waals surface area contributed by atoms with E-state index in [2.05, 4.69) is 31.0 Å². The van der Waals surface area contributed by atoms with E-state index in [0.29, 0.717) is 17.8 Å². The van der Waals surface area contributed by atoms with E-state index in [1.165, 1.54) is 24.0 Å². The number of aromatic nitrogens is 1. The van der Waals surface area contributed by atoms with Gasteiger partial charge in [0.2, 0.25) is 5.92 Å². The van der Waals surface area contributed by atoms with Crippen molar-refractivity contribution < 1.29 is 8.78 Å². The number of fused-ring (bicyclic) bond motifs is 5. The molecule has 1 heterocycles. The quantitative estimate of drug-likeness (QED) is 0.532. The zero-order valence-corrected chi connectivity index (χ0v) is 16.6. The molecule has 0 spiro atoms. The van der Waals surface area contributed by atoms with Crippen LogP contribution in [0.15, 0.2) is 30.6 Å². The van der Waals surface area contributed by atoms with Gasteiger partial charge in [-0.2, -0.15) is 0 Å². The van der Waals surface area contributed by atoms with Crippen LogP contribution in [0.5, 0.6) is 0 Å². The lowest BCUT2D eigenvalue weighted by Gasteiger charge is -2.61. The molecule has 3 heteroatoms. The number of hydrogen-bond acceptors (Lipinski definition) is 1. The lowest BCUT2D eigenvalue weighted by molar-refractivity contribution is -0.157. The zero-order valence-electron chi connectivity index (χ0n) is 16.6. The fourth-order valence-corrected chi connectivity index (χ4v) is 7.71. The third-order valence-corrected chi connectivity index (χ3v) is 9.19. The monoisotopic (exact) mass is 371 g/mol. The van der Waals surface area contributed by atoms with E-state index in [9.17, 15) is 8.78 Å². The molecule has 0 bridgehead atoms. The molecule has 1 aromatic rings. The molecular weight excluding hydrogens is 340 g/mol. The van der Waals surface area contributed by atoms with E-state index in [4.69, 9.17) is 0 Å². The van der Waals surface area contributed by atoms with Crippen LogP contribution in [-0.4, -0.2) is 10.9 Å². The van der Waals surface area contributed by atoms with Crippen molar-refractivity contribution in [1.82, 2.24) is 4.98 Å². The summed E-state index contributed by atoms with van der Waals surface area (Å²) in [4.78, 5) is 4.35. The maximum atomic E-state index is 14.1. The van der Waals surface area contributed by atoms with Crippen LogP contribution in [0.25, 0.3) is 5.57 Å². The molecule has 1 aromatic heterocycles. The Bertz CT molecular complexity index is 757. The van der Waals surface area contributed by atoms with E-state index in [1.807, 2.05) is 18.5 Å². The summed E-state index contributed by atoms with van der Waals surface area (Å²) in [6.07, 6.45) is 13.0. The van der Waals surface area contributed by atoms with Crippen LogP contribution in [0.1, 0.15) is 70.8 Å². The maximum absolute atomic E-state index is 14.1. The minimum atomic E-state index is -2.43. The number of pyridine rings is 1. The van der Waals surface area contributed by atoms with E-state index in [0.717, 1.165) is 25.7 Å². The van der Waals surface area contributed by atoms with Gasteiger partial charge in [-0.1, -0.05) is 26.0 Å². The molecular formula is C24H31F2N. The second kappa shape index (κ2) is 5.87. The Labute approximate surface area is 161 Å². The molecule has 0 amide bonds. The maximum Gasteiger partial charge on any atom is 0.248 e. The van der Waals surface area contributed by atoms with Crippen molar-refractivity contribution in [3.63, 3.8) is 0 Å². The first-order chi connectivity index (χ1) is 12.8. The Morgan fingerprint density at radius 3 is 2.67 bits per heavy atom. The number of alkyl halides is 2. The highest BCUT2D eigenvalue weighted by Crippen LogP contribution is 2.68. The van der Waals surface area contributed by atoms with Crippen LogP contribution in [0.3, 0.4) is 0 Å². The third-order valence-electron chi connectivity index (χ3n) is 9.19. The van der Waals surface area contributed by atoms with Crippen molar-refractivity contribution in [2.45, 2.75) is 71.1 Å². The summed E-state index contributed by atoms with van der Waals surface area (Å²) in [6, 6.07) is 4.23. The molecule has 0 aliphatic heterocycles. The van der Waals surface area contributed by atoms with Crippen LogP contribution >= 0.6 is 0 Å². The fourth-order valence-electron chi connectivity index (χ4n) is 7.71. The number of allylic oxidation sites excluding steroid dienone is 2. The standard InChI is InChI=1S/C24H31F2N/c1-22-11-12-24(25,26)14-17(22)5-6-18-20-8-7-19(16-4-3-13-27-15-16)23(20,2)10-9-21(18)22/h3-4,7,13,15,17-18,20-21H,5-6,8-12,14H2,1-2H3/t17?,18?,20?,21?,22-,23+/m0/s1. The topological polar surface area (TPSA) is 12.9 Å². The average molecular weight is 372 g/mol. The van der Waals surface area contributed by atoms with E-state index < -0.39 is 5.92 Å². The molecule has 146 valence electrons. The molecule has 4 aliphatic carbocycles. The zero-order chi connectivity index (χ0) is 18.9. The highest BCUT2D eigenvalue weighted by atomic mass is 19.3. The molecule has 27 heavy (non-hydrogen) atoms. The highest BCUT2D eigenvalue weighted by molar-refractivity contribution is 5.72. The minimum absolute atomic E-state index is 0.102. The molecule has 0 radical (unpaired) electrons. The van der Waals surface area contributed by atoms with Gasteiger partial charge in [-0.05, 0) is 90.2 Å². The van der Waals surface area contributed by atoms with Gasteiger partial charge in [0.25, 0.3) is 0 Å². The molecule has 3 saturated carbocycles. The summed E-state index contributed by atoms with van der Waals surface area (Å²) in [5, 5.41) is 0. The van der Waals surface area contributed by atoms with Gasteiger partial charge >= 0.3 is 0 Å². The first-order valence-electron chi connectivity index (χ1n) is 10.8. The van der Waals surface area contributed by atoms with Crippen molar-refractivity contribution in [3.8, 4) is 0 Å². The average Bonchev–Trinajstić information content (AvgIpc) is 3.00. The van der Waals surface area contributed by atoms with Crippen LogP contribution in [0.4, 0.5) is 8.78 Å². The Morgan fingerprint density at radius 2 is 1.89 bits per heavy atom.